The predicted octanol–water partition coefficient (Wildman–Crippen LogP) is 3.80. The van der Waals surface area contributed by atoms with Crippen molar-refractivity contribution < 1.29 is 0 Å². The minimum Gasteiger partial charge on any atom is -0.372 e. The summed E-state index contributed by atoms with van der Waals surface area (Å²) in [6.07, 6.45) is 2.51. The van der Waals surface area contributed by atoms with Crippen LogP contribution in [0.15, 0.2) is 59.4 Å². The Kier molecular flexibility index (Phi) is 3.19. The summed E-state index contributed by atoms with van der Waals surface area (Å²) in [5, 5.41) is 1.76. The number of fused-ring (bicyclic) bond motifs is 1. The van der Waals surface area contributed by atoms with Gasteiger partial charge in [-0.1, -0.05) is 30.3 Å². The number of hydrogen-bond acceptors (Lipinski definition) is 2. The molecule has 22 heavy (non-hydrogen) atoms. The van der Waals surface area contributed by atoms with Crippen molar-refractivity contribution >= 4 is 16.5 Å². The average Bonchev–Trinajstić information content (AvgIpc) is 3.09. The number of anilines is 1. The quantitative estimate of drug-likeness (QED) is 0.779. The summed E-state index contributed by atoms with van der Waals surface area (Å²) in [7, 11) is 0. The summed E-state index contributed by atoms with van der Waals surface area (Å²) >= 11 is 0. The van der Waals surface area contributed by atoms with Crippen LogP contribution in [0.4, 0.5) is 5.69 Å². The molecule has 1 N–H and O–H groups in total. The maximum atomic E-state index is 12.3. The van der Waals surface area contributed by atoms with E-state index in [9.17, 15) is 4.79 Å². The molecular weight excluding hydrogens is 272 g/mol. The fourth-order valence-corrected chi connectivity index (χ4v) is 3.20. The van der Waals surface area contributed by atoms with Gasteiger partial charge in [0.2, 0.25) is 0 Å². The number of nitrogens with zero attached hydrogens (tertiary/aromatic N) is 1. The van der Waals surface area contributed by atoms with Crippen molar-refractivity contribution in [3.63, 3.8) is 0 Å². The Balaban J connectivity index is 1.86. The first-order chi connectivity index (χ1) is 10.8. The van der Waals surface area contributed by atoms with Gasteiger partial charge in [-0.05, 0) is 48.1 Å². The van der Waals surface area contributed by atoms with E-state index >= 15 is 0 Å². The molecule has 110 valence electrons. The monoisotopic (exact) mass is 290 g/mol. The van der Waals surface area contributed by atoms with Crippen molar-refractivity contribution in [2.75, 3.05) is 18.0 Å². The lowest BCUT2D eigenvalue weighted by Gasteiger charge is -2.18. The Morgan fingerprint density at radius 3 is 2.45 bits per heavy atom. The van der Waals surface area contributed by atoms with Crippen molar-refractivity contribution in [3.8, 4) is 11.3 Å². The Morgan fingerprint density at radius 2 is 1.68 bits per heavy atom. The van der Waals surface area contributed by atoms with Gasteiger partial charge >= 0.3 is 0 Å². The summed E-state index contributed by atoms with van der Waals surface area (Å²) < 4.78 is 0. The third kappa shape index (κ3) is 2.29. The first kappa shape index (κ1) is 13.1. The highest BCUT2D eigenvalue weighted by atomic mass is 16.1. The second kappa shape index (κ2) is 5.34. The molecule has 3 heteroatoms. The zero-order valence-electron chi connectivity index (χ0n) is 12.4. The smallest absolute Gasteiger partial charge is 0.256 e. The number of H-pyrrole nitrogens is 1. The summed E-state index contributed by atoms with van der Waals surface area (Å²) in [5.74, 6) is 0. The van der Waals surface area contributed by atoms with Crippen LogP contribution >= 0.6 is 0 Å². The van der Waals surface area contributed by atoms with Crippen molar-refractivity contribution in [1.82, 2.24) is 4.98 Å². The molecule has 1 fully saturated rings. The van der Waals surface area contributed by atoms with Gasteiger partial charge < -0.3 is 9.88 Å². The molecule has 0 unspecified atom stereocenters. The van der Waals surface area contributed by atoms with Crippen LogP contribution < -0.4 is 10.5 Å². The summed E-state index contributed by atoms with van der Waals surface area (Å²) in [4.78, 5) is 17.7. The molecule has 0 radical (unpaired) electrons. The van der Waals surface area contributed by atoms with Gasteiger partial charge in [0.1, 0.15) is 0 Å². The molecule has 2 heterocycles. The highest BCUT2D eigenvalue weighted by Gasteiger charge is 2.13. The fourth-order valence-electron chi connectivity index (χ4n) is 3.20. The van der Waals surface area contributed by atoms with Crippen molar-refractivity contribution in [2.45, 2.75) is 12.8 Å². The van der Waals surface area contributed by atoms with Gasteiger partial charge in [-0.15, -0.1) is 0 Å². The predicted molar refractivity (Wildman–Crippen MR) is 91.5 cm³/mol. The van der Waals surface area contributed by atoms with Gasteiger partial charge in [-0.2, -0.15) is 0 Å². The number of nitrogens with one attached hydrogen (secondary N) is 1. The van der Waals surface area contributed by atoms with E-state index in [2.05, 4.69) is 28.1 Å². The molecule has 0 atom stereocenters. The van der Waals surface area contributed by atoms with Crippen LogP contribution in [-0.4, -0.2) is 18.1 Å². The van der Waals surface area contributed by atoms with E-state index in [0.29, 0.717) is 0 Å². The van der Waals surface area contributed by atoms with Gasteiger partial charge in [-0.25, -0.2) is 0 Å². The van der Waals surface area contributed by atoms with Crippen LogP contribution in [0.5, 0.6) is 0 Å². The van der Waals surface area contributed by atoms with Crippen LogP contribution in [0.1, 0.15) is 12.8 Å². The van der Waals surface area contributed by atoms with Gasteiger partial charge in [0, 0.05) is 29.9 Å². The lowest BCUT2D eigenvalue weighted by Crippen LogP contribution is -2.17. The molecule has 0 spiro atoms. The average molecular weight is 290 g/mol. The molecule has 2 aromatic carbocycles. The Bertz CT molecular complexity index is 861. The molecule has 4 rings (SSSR count). The normalized spacial score (nSPS) is 14.6. The fraction of sp³-hybridized carbons (Fsp3) is 0.211. The maximum Gasteiger partial charge on any atom is 0.256 e. The van der Waals surface area contributed by atoms with Crippen LogP contribution in [0.3, 0.4) is 0 Å². The molecule has 1 saturated heterocycles. The van der Waals surface area contributed by atoms with E-state index in [1.807, 2.05) is 36.4 Å². The number of aromatic amines is 1. The molecule has 0 saturated carbocycles. The Hall–Kier alpha value is -2.55. The van der Waals surface area contributed by atoms with Crippen LogP contribution in [0, 0.1) is 0 Å². The number of hydrogen-bond donors (Lipinski definition) is 1. The molecule has 3 aromatic rings. The highest BCUT2D eigenvalue weighted by molar-refractivity contribution is 5.88. The van der Waals surface area contributed by atoms with Crippen LogP contribution in [0.25, 0.3) is 22.0 Å². The zero-order valence-corrected chi connectivity index (χ0v) is 12.4. The van der Waals surface area contributed by atoms with E-state index in [1.54, 1.807) is 0 Å². The lowest BCUT2D eigenvalue weighted by molar-refractivity contribution is 0.949. The number of benzene rings is 2. The van der Waals surface area contributed by atoms with Gasteiger partial charge in [0.25, 0.3) is 5.56 Å². The molecule has 1 aliphatic heterocycles. The largest absolute Gasteiger partial charge is 0.372 e. The lowest BCUT2D eigenvalue weighted by atomic mass is 10.1. The minimum atomic E-state index is -0.0238. The molecule has 1 aromatic heterocycles. The van der Waals surface area contributed by atoms with E-state index in [4.69, 9.17) is 0 Å². The van der Waals surface area contributed by atoms with E-state index < -0.39 is 0 Å². The third-order valence-electron chi connectivity index (χ3n) is 4.38. The second-order valence-electron chi connectivity index (χ2n) is 5.84. The third-order valence-corrected chi connectivity index (χ3v) is 4.38. The van der Waals surface area contributed by atoms with Crippen LogP contribution in [-0.2, 0) is 0 Å². The molecular formula is C19H18N2O. The maximum absolute atomic E-state index is 12.3. The number of pyridine rings is 1. The van der Waals surface area contributed by atoms with Gasteiger partial charge in [0.15, 0.2) is 0 Å². The Labute approximate surface area is 129 Å². The van der Waals surface area contributed by atoms with Gasteiger partial charge in [0.05, 0.1) is 0 Å². The molecule has 0 amide bonds. The number of aromatic nitrogens is 1. The molecule has 1 aliphatic rings. The topological polar surface area (TPSA) is 36.1 Å². The first-order valence-electron chi connectivity index (χ1n) is 7.79. The van der Waals surface area contributed by atoms with E-state index in [-0.39, 0.29) is 5.56 Å². The zero-order chi connectivity index (χ0) is 14.9. The standard InChI is InChI=1S/C19H18N2O/c22-19-17-9-8-16(21-10-4-5-11-21)12-15(17)13-18(20-19)14-6-2-1-3-7-14/h1-3,6-9,12-13H,4-5,10-11H2,(H,20,22). The van der Waals surface area contributed by atoms with E-state index in [0.717, 1.165) is 35.1 Å². The van der Waals surface area contributed by atoms with Crippen molar-refractivity contribution in [2.24, 2.45) is 0 Å². The molecule has 0 bridgehead atoms. The summed E-state index contributed by atoms with van der Waals surface area (Å²) in [6, 6.07) is 18.2. The first-order valence-corrected chi connectivity index (χ1v) is 7.79. The SMILES string of the molecule is O=c1[nH]c(-c2ccccc2)cc2cc(N3CCCC3)ccc12. The summed E-state index contributed by atoms with van der Waals surface area (Å²) in [5.41, 5.74) is 3.10. The van der Waals surface area contributed by atoms with Crippen LogP contribution in [0.2, 0.25) is 0 Å². The molecule has 0 aliphatic carbocycles. The van der Waals surface area contributed by atoms with Crippen molar-refractivity contribution in [3.05, 3.63) is 65.0 Å². The van der Waals surface area contributed by atoms with E-state index in [1.165, 1.54) is 18.5 Å². The van der Waals surface area contributed by atoms with Crippen molar-refractivity contribution in [1.29, 1.82) is 0 Å². The highest BCUT2D eigenvalue weighted by Crippen LogP contribution is 2.26. The molecule has 3 nitrogen and oxygen atoms in total. The number of rotatable bonds is 2. The summed E-state index contributed by atoms with van der Waals surface area (Å²) in [6.45, 7) is 2.22. The second-order valence-corrected chi connectivity index (χ2v) is 5.84. The van der Waals surface area contributed by atoms with Gasteiger partial charge in [-0.3, -0.25) is 4.79 Å². The Morgan fingerprint density at radius 1 is 0.909 bits per heavy atom. The minimum absolute atomic E-state index is 0.0238.